The van der Waals surface area contributed by atoms with Gasteiger partial charge in [-0.1, -0.05) is 47.1 Å². The van der Waals surface area contributed by atoms with Gasteiger partial charge in [0.2, 0.25) is 0 Å². The van der Waals surface area contributed by atoms with Crippen molar-refractivity contribution in [2.24, 2.45) is 5.92 Å². The van der Waals surface area contributed by atoms with E-state index in [1.165, 1.54) is 6.42 Å². The highest BCUT2D eigenvalue weighted by Gasteiger charge is 1.80. The monoisotopic (exact) mass is 144 g/mol. The first kappa shape index (κ1) is 16.4. The summed E-state index contributed by atoms with van der Waals surface area (Å²) in [5, 5.41) is 0. The Morgan fingerprint density at radius 1 is 1.30 bits per heavy atom. The van der Waals surface area contributed by atoms with Crippen LogP contribution in [0.1, 0.15) is 48.0 Å². The van der Waals surface area contributed by atoms with Gasteiger partial charge in [-0.2, -0.15) is 0 Å². The lowest BCUT2D eigenvalue weighted by atomic mass is 10.2. The van der Waals surface area contributed by atoms with E-state index >= 15 is 0 Å². The summed E-state index contributed by atoms with van der Waals surface area (Å²) >= 11 is 0. The largest absolute Gasteiger partial charge is 0.103 e. The van der Waals surface area contributed by atoms with Crippen LogP contribution in [0.3, 0.4) is 0 Å². The second-order valence-corrected chi connectivity index (χ2v) is 2.21. The van der Waals surface area contributed by atoms with E-state index in [1.807, 2.05) is 20.8 Å². The van der Waals surface area contributed by atoms with Gasteiger partial charge in [0.15, 0.2) is 0 Å². The van der Waals surface area contributed by atoms with Gasteiger partial charge in [0.1, 0.15) is 0 Å². The molecule has 64 valence electrons. The van der Waals surface area contributed by atoms with Crippen molar-refractivity contribution in [3.63, 3.8) is 0 Å². The highest BCUT2D eigenvalue weighted by molar-refractivity contribution is 4.51. The zero-order valence-corrected chi connectivity index (χ0v) is 8.57. The standard InChI is InChI=1S/C5H12.C3H6.C2H6/c1-4-5(2)3;1-3-2;1-2/h5H,4H2,1-3H3;3H,1H2,2H3;1-2H3. The molecule has 0 radical (unpaired) electrons. The van der Waals surface area contributed by atoms with Crippen LogP contribution in [0.15, 0.2) is 12.7 Å². The lowest BCUT2D eigenvalue weighted by Gasteiger charge is -1.90. The molecule has 0 saturated carbocycles. The molecule has 0 amide bonds. The molecule has 0 bridgehead atoms. The minimum Gasteiger partial charge on any atom is -0.103 e. The van der Waals surface area contributed by atoms with Crippen molar-refractivity contribution in [2.45, 2.75) is 48.0 Å². The Bertz CT molecular complexity index is 35.3. The minimum absolute atomic E-state index is 0.884. The van der Waals surface area contributed by atoms with Gasteiger partial charge in [0.05, 0.1) is 0 Å². The molecule has 10 heavy (non-hydrogen) atoms. The maximum atomic E-state index is 3.36. The van der Waals surface area contributed by atoms with Crippen LogP contribution >= 0.6 is 0 Å². The fourth-order valence-electron chi connectivity index (χ4n) is 0. The average Bonchev–Trinajstić information content (AvgIpc) is 1.94. The molecule has 0 unspecified atom stereocenters. The summed E-state index contributed by atoms with van der Waals surface area (Å²) in [6.45, 7) is 15.9. The summed E-state index contributed by atoms with van der Waals surface area (Å²) < 4.78 is 0. The van der Waals surface area contributed by atoms with Gasteiger partial charge < -0.3 is 0 Å². The molecule has 0 aliphatic heterocycles. The molecule has 0 heteroatoms. The second-order valence-electron chi connectivity index (χ2n) is 2.21. The summed E-state index contributed by atoms with van der Waals surface area (Å²) in [7, 11) is 0. The van der Waals surface area contributed by atoms with Crippen LogP contribution in [0, 0.1) is 5.92 Å². The van der Waals surface area contributed by atoms with Crippen LogP contribution in [0.25, 0.3) is 0 Å². The summed E-state index contributed by atoms with van der Waals surface area (Å²) in [6.07, 6.45) is 3.06. The lowest BCUT2D eigenvalue weighted by Crippen LogP contribution is -1.77. The Morgan fingerprint density at radius 3 is 1.40 bits per heavy atom. The van der Waals surface area contributed by atoms with Crippen LogP contribution in [-0.4, -0.2) is 0 Å². The summed E-state index contributed by atoms with van der Waals surface area (Å²) in [5.74, 6) is 0.884. The molecular formula is C10H24. The second kappa shape index (κ2) is 23.3. The van der Waals surface area contributed by atoms with Crippen LogP contribution < -0.4 is 0 Å². The van der Waals surface area contributed by atoms with Crippen LogP contribution in [0.2, 0.25) is 0 Å². The molecule has 0 rings (SSSR count). The molecule has 0 aromatic rings. The lowest BCUT2D eigenvalue weighted by molar-refractivity contribution is 0.626. The van der Waals surface area contributed by atoms with Gasteiger partial charge in [-0.15, -0.1) is 6.58 Å². The molecule has 0 aliphatic carbocycles. The number of allylic oxidation sites excluding steroid dienone is 1. The van der Waals surface area contributed by atoms with Crippen molar-refractivity contribution in [2.75, 3.05) is 0 Å². The van der Waals surface area contributed by atoms with E-state index in [2.05, 4.69) is 27.4 Å². The number of rotatable bonds is 1. The molecule has 0 aliphatic rings. The molecule has 0 heterocycles. The Kier molecular flexibility index (Phi) is 38.2. The Labute approximate surface area is 67.3 Å². The van der Waals surface area contributed by atoms with Crippen molar-refractivity contribution in [1.29, 1.82) is 0 Å². The fraction of sp³-hybridized carbons (Fsp3) is 0.800. The highest BCUT2D eigenvalue weighted by Crippen LogP contribution is 1.93. The first-order valence-electron chi connectivity index (χ1n) is 4.26. The van der Waals surface area contributed by atoms with E-state index in [0.717, 1.165) is 5.92 Å². The third kappa shape index (κ3) is 116. The summed E-state index contributed by atoms with van der Waals surface area (Å²) in [6, 6.07) is 0. The molecule has 0 fully saturated rings. The topological polar surface area (TPSA) is 0 Å². The predicted octanol–water partition coefficient (Wildman–Crippen LogP) is 4.27. The van der Waals surface area contributed by atoms with Crippen molar-refractivity contribution >= 4 is 0 Å². The third-order valence-electron chi connectivity index (χ3n) is 0.816. The fourth-order valence-corrected chi connectivity index (χ4v) is 0. The normalized spacial score (nSPS) is 6.70. The van der Waals surface area contributed by atoms with E-state index in [9.17, 15) is 0 Å². The van der Waals surface area contributed by atoms with Gasteiger partial charge in [0, 0.05) is 0 Å². The smallest absolute Gasteiger partial charge is 0.0473 e. The number of hydrogen-bond acceptors (Lipinski definition) is 0. The van der Waals surface area contributed by atoms with Gasteiger partial charge in [0.25, 0.3) is 0 Å². The molecule has 0 aromatic carbocycles. The average molecular weight is 144 g/mol. The Balaban J connectivity index is -0.0000000847. The van der Waals surface area contributed by atoms with E-state index in [1.54, 1.807) is 6.08 Å². The predicted molar refractivity (Wildman–Crippen MR) is 52.3 cm³/mol. The quantitative estimate of drug-likeness (QED) is 0.482. The molecule has 0 nitrogen and oxygen atoms in total. The summed E-state index contributed by atoms with van der Waals surface area (Å²) in [4.78, 5) is 0. The van der Waals surface area contributed by atoms with E-state index in [-0.39, 0.29) is 0 Å². The zero-order valence-electron chi connectivity index (χ0n) is 8.57. The SMILES string of the molecule is C=CC.CC.CCC(C)C. The van der Waals surface area contributed by atoms with Crippen molar-refractivity contribution < 1.29 is 0 Å². The van der Waals surface area contributed by atoms with Gasteiger partial charge in [-0.25, -0.2) is 0 Å². The van der Waals surface area contributed by atoms with Crippen LogP contribution in [0.5, 0.6) is 0 Å². The van der Waals surface area contributed by atoms with Gasteiger partial charge in [-0.3, -0.25) is 0 Å². The van der Waals surface area contributed by atoms with Crippen molar-refractivity contribution in [3.05, 3.63) is 12.7 Å². The van der Waals surface area contributed by atoms with E-state index < -0.39 is 0 Å². The van der Waals surface area contributed by atoms with Gasteiger partial charge >= 0.3 is 0 Å². The maximum Gasteiger partial charge on any atom is -0.0473 e. The first-order chi connectivity index (χ1) is 4.68. The summed E-state index contributed by atoms with van der Waals surface area (Å²) in [5.41, 5.74) is 0. The molecule has 0 spiro atoms. The zero-order chi connectivity index (χ0) is 8.99. The third-order valence-corrected chi connectivity index (χ3v) is 0.816. The molecule has 0 saturated heterocycles. The maximum absolute atomic E-state index is 3.36. The molecular weight excluding hydrogens is 120 g/mol. The minimum atomic E-state index is 0.884. The highest BCUT2D eigenvalue weighted by atomic mass is 13.9. The molecule has 0 aromatic heterocycles. The molecule has 0 atom stereocenters. The Morgan fingerprint density at radius 2 is 1.40 bits per heavy atom. The Hall–Kier alpha value is -0.260. The van der Waals surface area contributed by atoms with E-state index in [0.29, 0.717) is 0 Å². The van der Waals surface area contributed by atoms with Crippen LogP contribution in [0.4, 0.5) is 0 Å². The van der Waals surface area contributed by atoms with Crippen LogP contribution in [-0.2, 0) is 0 Å². The van der Waals surface area contributed by atoms with E-state index in [4.69, 9.17) is 0 Å². The first-order valence-corrected chi connectivity index (χ1v) is 4.26. The van der Waals surface area contributed by atoms with Gasteiger partial charge in [-0.05, 0) is 12.8 Å². The molecule has 0 N–H and O–H groups in total. The number of hydrogen-bond donors (Lipinski definition) is 0. The van der Waals surface area contributed by atoms with Crippen molar-refractivity contribution in [1.82, 2.24) is 0 Å². The van der Waals surface area contributed by atoms with Crippen molar-refractivity contribution in [3.8, 4) is 0 Å².